The van der Waals surface area contributed by atoms with Crippen LogP contribution >= 0.6 is 0 Å². The van der Waals surface area contributed by atoms with Crippen LogP contribution in [0.15, 0.2) is 52.5 Å². The van der Waals surface area contributed by atoms with Crippen molar-refractivity contribution < 1.29 is 13.6 Å². The van der Waals surface area contributed by atoms with E-state index in [4.69, 9.17) is 11.5 Å². The van der Waals surface area contributed by atoms with E-state index in [2.05, 4.69) is 15.5 Å². The first-order chi connectivity index (χ1) is 17.6. The summed E-state index contributed by atoms with van der Waals surface area (Å²) in [7, 11) is 0. The van der Waals surface area contributed by atoms with Gasteiger partial charge in [0, 0.05) is 29.4 Å². The zero-order valence-corrected chi connectivity index (χ0v) is 23.8. The Morgan fingerprint density at radius 3 is 2.05 bits per heavy atom. The maximum Gasteiger partial charge on any atom is 0.271 e. The summed E-state index contributed by atoms with van der Waals surface area (Å²) >= 11 is 0. The number of H-pyrrole nitrogens is 1. The van der Waals surface area contributed by atoms with Gasteiger partial charge in [0.25, 0.3) is 11.5 Å². The lowest BCUT2D eigenvalue weighted by atomic mass is 9.80. The molecule has 1 aromatic carbocycles. The lowest BCUT2D eigenvalue weighted by Crippen LogP contribution is -2.40. The Balaban J connectivity index is 0. The van der Waals surface area contributed by atoms with Crippen LogP contribution in [0.4, 0.5) is 8.78 Å². The summed E-state index contributed by atoms with van der Waals surface area (Å²) in [5, 5.41) is 8.68. The lowest BCUT2D eigenvalue weighted by Gasteiger charge is -2.31. The number of halogens is 2. The molecule has 7 nitrogen and oxygen atoms in total. The predicted molar refractivity (Wildman–Crippen MR) is 150 cm³/mol. The number of nitrogens with two attached hydrogens (primary N) is 2. The number of aromatic nitrogens is 2. The molecule has 37 heavy (non-hydrogen) atoms. The topological polar surface area (TPSA) is 127 Å². The van der Waals surface area contributed by atoms with Gasteiger partial charge in [0.15, 0.2) is 0 Å². The fourth-order valence-corrected chi connectivity index (χ4v) is 3.34. The highest BCUT2D eigenvalue weighted by molar-refractivity contribution is 5.92. The average molecular weight is 522 g/mol. The van der Waals surface area contributed by atoms with Gasteiger partial charge in [0.05, 0.1) is 5.56 Å². The molecule has 1 amide bonds. The quantitative estimate of drug-likeness (QED) is 0.322. The molecule has 1 heterocycles. The minimum atomic E-state index is -0.767. The molecule has 1 aromatic heterocycles. The third kappa shape index (κ3) is 11.0. The summed E-state index contributed by atoms with van der Waals surface area (Å²) in [5.74, 6) is -2.00. The molecule has 0 aliphatic rings. The molecule has 0 saturated carbocycles. The van der Waals surface area contributed by atoms with Gasteiger partial charge in [-0.05, 0) is 43.2 Å². The highest BCUT2D eigenvalue weighted by Crippen LogP contribution is 2.32. The Hall–Kier alpha value is -3.49. The summed E-state index contributed by atoms with van der Waals surface area (Å²) in [6.45, 7) is 17.7. The van der Waals surface area contributed by atoms with E-state index >= 15 is 0 Å². The summed E-state index contributed by atoms with van der Waals surface area (Å²) in [6.07, 6.45) is 2.84. The first kappa shape index (κ1) is 35.7. The van der Waals surface area contributed by atoms with Gasteiger partial charge in [-0.25, -0.2) is 13.9 Å². The fourth-order valence-electron chi connectivity index (χ4n) is 3.34. The second-order valence-corrected chi connectivity index (χ2v) is 7.59. The number of allylic oxidation sites excluding steroid dienone is 2. The van der Waals surface area contributed by atoms with Crippen molar-refractivity contribution in [3.05, 3.63) is 80.9 Å². The van der Waals surface area contributed by atoms with Crippen molar-refractivity contribution in [2.24, 2.45) is 16.9 Å². The molecule has 0 saturated heterocycles. The van der Waals surface area contributed by atoms with Gasteiger partial charge in [-0.1, -0.05) is 67.9 Å². The molecule has 1 atom stereocenters. The molecule has 6 N–H and O–H groups in total. The molecular formula is C28H45F2N5O2. The van der Waals surface area contributed by atoms with Crippen molar-refractivity contribution in [2.75, 3.05) is 6.54 Å². The van der Waals surface area contributed by atoms with Crippen LogP contribution in [0.5, 0.6) is 0 Å². The molecule has 0 fully saturated rings. The van der Waals surface area contributed by atoms with Crippen LogP contribution in [0.1, 0.15) is 91.2 Å². The smallest absolute Gasteiger partial charge is 0.271 e. The second kappa shape index (κ2) is 18.7. The van der Waals surface area contributed by atoms with E-state index in [1.54, 1.807) is 6.92 Å². The highest BCUT2D eigenvalue weighted by atomic mass is 19.1. The Labute approximate surface area is 220 Å². The van der Waals surface area contributed by atoms with Crippen LogP contribution < -0.4 is 22.3 Å². The normalized spacial score (nSPS) is 12.7. The Bertz CT molecular complexity index is 1040. The van der Waals surface area contributed by atoms with Gasteiger partial charge in [0.1, 0.15) is 17.3 Å². The Morgan fingerprint density at radius 1 is 1.05 bits per heavy atom. The lowest BCUT2D eigenvalue weighted by molar-refractivity contribution is 0.0931. The second-order valence-electron chi connectivity index (χ2n) is 7.59. The van der Waals surface area contributed by atoms with Crippen molar-refractivity contribution in [3.8, 4) is 0 Å². The molecule has 208 valence electrons. The number of amides is 1. The van der Waals surface area contributed by atoms with Crippen molar-refractivity contribution in [2.45, 2.75) is 75.2 Å². The monoisotopic (exact) mass is 521 g/mol. The van der Waals surface area contributed by atoms with Crippen LogP contribution in [-0.4, -0.2) is 22.6 Å². The minimum absolute atomic E-state index is 0.0666. The largest absolute Gasteiger partial charge is 0.401 e. The van der Waals surface area contributed by atoms with Gasteiger partial charge < -0.3 is 16.8 Å². The average Bonchev–Trinajstić information content (AvgIpc) is 2.90. The van der Waals surface area contributed by atoms with Gasteiger partial charge in [-0.15, -0.1) is 0 Å². The number of hydrogen-bond acceptors (Lipinski definition) is 5. The summed E-state index contributed by atoms with van der Waals surface area (Å²) in [6, 6.07) is 6.05. The van der Waals surface area contributed by atoms with E-state index in [1.165, 1.54) is 24.3 Å². The standard InChI is InChI=1S/C22H27F2N5O2.3C2H6/c1-4-10-22(3,12-27-21(31)17-8-9-18(30)29-28-17)20(26)13(2)11-16(25)19-14(23)6-5-7-15(19)24;3*1-2/h5-9,11H,4,10,12,25-26H2,1-3H3,(H,27,31)(H,29,30);3*1-2H3/b16-11-,20-13-;;;. The first-order valence-electron chi connectivity index (χ1n) is 12.8. The number of benzene rings is 1. The molecule has 0 radical (unpaired) electrons. The molecule has 0 aliphatic carbocycles. The van der Waals surface area contributed by atoms with E-state index in [0.717, 1.165) is 18.6 Å². The first-order valence-corrected chi connectivity index (χ1v) is 12.8. The fraction of sp³-hybridized carbons (Fsp3) is 0.464. The van der Waals surface area contributed by atoms with Crippen LogP contribution in [-0.2, 0) is 0 Å². The van der Waals surface area contributed by atoms with Gasteiger partial charge >= 0.3 is 0 Å². The third-order valence-corrected chi connectivity index (χ3v) is 5.05. The SMILES string of the molecule is CC.CC.CC.CCCC(C)(CNC(=O)c1ccc(=O)[nH]n1)/C(N)=C(C)/C=C(\N)c1c(F)cccc1F. The molecule has 2 aromatic rings. The van der Waals surface area contributed by atoms with Crippen LogP contribution in [0.3, 0.4) is 0 Å². The van der Waals surface area contributed by atoms with Crippen LogP contribution in [0.25, 0.3) is 5.70 Å². The van der Waals surface area contributed by atoms with Crippen molar-refractivity contribution in [1.82, 2.24) is 15.5 Å². The summed E-state index contributed by atoms with van der Waals surface area (Å²) in [4.78, 5) is 23.5. The molecule has 2 rings (SSSR count). The number of nitrogens with one attached hydrogen (secondary N) is 2. The van der Waals surface area contributed by atoms with Gasteiger partial charge in [-0.3, -0.25) is 9.59 Å². The number of hydrogen-bond donors (Lipinski definition) is 4. The number of rotatable bonds is 8. The van der Waals surface area contributed by atoms with E-state index < -0.39 is 28.5 Å². The number of carbonyl (C=O) groups is 1. The van der Waals surface area contributed by atoms with Crippen molar-refractivity contribution in [3.63, 3.8) is 0 Å². The zero-order valence-electron chi connectivity index (χ0n) is 23.8. The maximum absolute atomic E-state index is 14.0. The van der Waals surface area contributed by atoms with E-state index in [-0.39, 0.29) is 23.5 Å². The van der Waals surface area contributed by atoms with Gasteiger partial charge in [0.2, 0.25) is 0 Å². The van der Waals surface area contributed by atoms with Crippen molar-refractivity contribution >= 4 is 11.6 Å². The predicted octanol–water partition coefficient (Wildman–Crippen LogP) is 5.90. The Kier molecular flexibility index (Phi) is 18.1. The molecular weight excluding hydrogens is 476 g/mol. The zero-order chi connectivity index (χ0) is 29.2. The number of nitrogens with zero attached hydrogens (tertiary/aromatic N) is 1. The Morgan fingerprint density at radius 2 is 1.59 bits per heavy atom. The molecule has 9 heteroatoms. The molecule has 0 spiro atoms. The van der Waals surface area contributed by atoms with Gasteiger partial charge in [-0.2, -0.15) is 5.10 Å². The highest BCUT2D eigenvalue weighted by Gasteiger charge is 2.29. The molecule has 0 bridgehead atoms. The third-order valence-electron chi connectivity index (χ3n) is 5.05. The summed E-state index contributed by atoms with van der Waals surface area (Å²) < 4.78 is 28.0. The molecule has 0 aliphatic heterocycles. The maximum atomic E-state index is 14.0. The summed E-state index contributed by atoms with van der Waals surface area (Å²) in [5.41, 5.74) is 11.9. The van der Waals surface area contributed by atoms with Crippen LogP contribution in [0, 0.1) is 17.0 Å². The van der Waals surface area contributed by atoms with Crippen molar-refractivity contribution in [1.29, 1.82) is 0 Å². The number of aromatic amines is 1. The van der Waals surface area contributed by atoms with E-state index in [9.17, 15) is 18.4 Å². The van der Waals surface area contributed by atoms with E-state index in [1.807, 2.05) is 55.4 Å². The van der Waals surface area contributed by atoms with Crippen LogP contribution in [0.2, 0.25) is 0 Å². The number of carbonyl (C=O) groups excluding carboxylic acids is 1. The molecule has 1 unspecified atom stereocenters. The minimum Gasteiger partial charge on any atom is -0.401 e. The van der Waals surface area contributed by atoms with E-state index in [0.29, 0.717) is 17.7 Å².